The van der Waals surface area contributed by atoms with E-state index in [-0.39, 0.29) is 18.7 Å². The first-order valence-corrected chi connectivity index (χ1v) is 6.67. The lowest BCUT2D eigenvalue weighted by Crippen LogP contribution is -2.48. The second-order valence-electron chi connectivity index (χ2n) is 4.81. The molecule has 0 saturated carbocycles. The summed E-state index contributed by atoms with van der Waals surface area (Å²) in [5.74, 6) is 0. The summed E-state index contributed by atoms with van der Waals surface area (Å²) in [5.41, 5.74) is 6.04. The molecule has 1 aromatic carbocycles. The van der Waals surface area contributed by atoms with Crippen LogP contribution in [0.1, 0.15) is 18.4 Å². The maximum atomic E-state index is 11.9. The second kappa shape index (κ2) is 6.79. The van der Waals surface area contributed by atoms with Gasteiger partial charge in [0.15, 0.2) is 0 Å². The highest BCUT2D eigenvalue weighted by molar-refractivity contribution is 5.72. The van der Waals surface area contributed by atoms with E-state index < -0.39 is 6.03 Å². The number of hydrogen-bond donors (Lipinski definition) is 2. The van der Waals surface area contributed by atoms with Gasteiger partial charge in [0.25, 0.3) is 0 Å². The molecule has 0 spiro atoms. The smallest absolute Gasteiger partial charge is 0.410 e. The Morgan fingerprint density at radius 1 is 1.25 bits per heavy atom. The highest BCUT2D eigenvalue weighted by Gasteiger charge is 2.24. The fourth-order valence-electron chi connectivity index (χ4n) is 2.22. The molecule has 0 unspecified atom stereocenters. The first-order valence-electron chi connectivity index (χ1n) is 6.67. The van der Waals surface area contributed by atoms with Gasteiger partial charge in [-0.15, -0.1) is 0 Å². The van der Waals surface area contributed by atoms with Crippen molar-refractivity contribution in [2.24, 2.45) is 5.73 Å². The Morgan fingerprint density at radius 2 is 1.90 bits per heavy atom. The lowest BCUT2D eigenvalue weighted by atomic mass is 10.1. The molecular formula is C14H19N3O3. The summed E-state index contributed by atoms with van der Waals surface area (Å²) >= 11 is 0. The number of urea groups is 1. The SMILES string of the molecule is NC(=O)NC1CCN(C(=O)OCc2ccccc2)CC1. The van der Waals surface area contributed by atoms with Crippen molar-refractivity contribution in [3.63, 3.8) is 0 Å². The number of primary amides is 1. The highest BCUT2D eigenvalue weighted by atomic mass is 16.6. The van der Waals surface area contributed by atoms with Crippen LogP contribution in [0.15, 0.2) is 30.3 Å². The van der Waals surface area contributed by atoms with Gasteiger partial charge in [-0.25, -0.2) is 9.59 Å². The van der Waals surface area contributed by atoms with E-state index in [9.17, 15) is 9.59 Å². The van der Waals surface area contributed by atoms with Crippen molar-refractivity contribution < 1.29 is 14.3 Å². The van der Waals surface area contributed by atoms with Crippen LogP contribution in [0.2, 0.25) is 0 Å². The Bertz CT molecular complexity index is 456. The zero-order chi connectivity index (χ0) is 14.4. The predicted octanol–water partition coefficient (Wildman–Crippen LogP) is 1.46. The summed E-state index contributed by atoms with van der Waals surface area (Å²) in [6.07, 6.45) is 1.08. The Morgan fingerprint density at radius 3 is 2.50 bits per heavy atom. The number of likely N-dealkylation sites (tertiary alicyclic amines) is 1. The van der Waals surface area contributed by atoms with Gasteiger partial charge in [0.05, 0.1) is 0 Å². The van der Waals surface area contributed by atoms with Crippen molar-refractivity contribution in [1.82, 2.24) is 10.2 Å². The second-order valence-corrected chi connectivity index (χ2v) is 4.81. The van der Waals surface area contributed by atoms with Gasteiger partial charge >= 0.3 is 12.1 Å². The molecule has 0 bridgehead atoms. The molecule has 1 saturated heterocycles. The monoisotopic (exact) mass is 277 g/mol. The number of benzene rings is 1. The van der Waals surface area contributed by atoms with Crippen LogP contribution in [0.4, 0.5) is 9.59 Å². The van der Waals surface area contributed by atoms with Crippen molar-refractivity contribution in [2.75, 3.05) is 13.1 Å². The average molecular weight is 277 g/mol. The van der Waals surface area contributed by atoms with E-state index in [2.05, 4.69) is 5.32 Å². The van der Waals surface area contributed by atoms with E-state index in [0.29, 0.717) is 25.9 Å². The lowest BCUT2D eigenvalue weighted by molar-refractivity contribution is 0.0860. The molecule has 3 amide bonds. The molecule has 2 rings (SSSR count). The molecule has 1 aromatic rings. The van der Waals surface area contributed by atoms with E-state index in [1.165, 1.54) is 0 Å². The molecule has 0 aromatic heterocycles. The van der Waals surface area contributed by atoms with Gasteiger partial charge in [0.1, 0.15) is 6.61 Å². The molecule has 0 aliphatic carbocycles. The van der Waals surface area contributed by atoms with Crippen molar-refractivity contribution in [3.05, 3.63) is 35.9 Å². The van der Waals surface area contributed by atoms with Gasteiger partial charge < -0.3 is 20.7 Å². The van der Waals surface area contributed by atoms with Crippen molar-refractivity contribution in [2.45, 2.75) is 25.5 Å². The molecule has 6 heteroatoms. The van der Waals surface area contributed by atoms with Crippen LogP contribution in [-0.4, -0.2) is 36.2 Å². The Labute approximate surface area is 117 Å². The zero-order valence-corrected chi connectivity index (χ0v) is 11.2. The first kappa shape index (κ1) is 14.2. The van der Waals surface area contributed by atoms with Crippen molar-refractivity contribution in [1.29, 1.82) is 0 Å². The van der Waals surface area contributed by atoms with Gasteiger partial charge in [0.2, 0.25) is 0 Å². The number of ether oxygens (including phenoxy) is 1. The molecule has 0 radical (unpaired) electrons. The summed E-state index contributed by atoms with van der Waals surface area (Å²) in [6, 6.07) is 9.09. The van der Waals surface area contributed by atoms with Crippen LogP contribution in [0, 0.1) is 0 Å². The number of hydrogen-bond acceptors (Lipinski definition) is 3. The third-order valence-corrected chi connectivity index (χ3v) is 3.30. The molecule has 1 aliphatic rings. The Balaban J connectivity index is 1.73. The Hall–Kier alpha value is -2.24. The Kier molecular flexibility index (Phi) is 4.81. The number of nitrogens with one attached hydrogen (secondary N) is 1. The van der Waals surface area contributed by atoms with Crippen LogP contribution in [0.3, 0.4) is 0 Å². The van der Waals surface area contributed by atoms with E-state index in [1.807, 2.05) is 30.3 Å². The van der Waals surface area contributed by atoms with Gasteiger partial charge in [-0.2, -0.15) is 0 Å². The summed E-state index contributed by atoms with van der Waals surface area (Å²) in [7, 11) is 0. The van der Waals surface area contributed by atoms with Gasteiger partial charge in [-0.05, 0) is 18.4 Å². The largest absolute Gasteiger partial charge is 0.445 e. The molecule has 1 aliphatic heterocycles. The summed E-state index contributed by atoms with van der Waals surface area (Å²) in [6.45, 7) is 1.41. The first-order chi connectivity index (χ1) is 9.65. The predicted molar refractivity (Wildman–Crippen MR) is 73.9 cm³/mol. The maximum Gasteiger partial charge on any atom is 0.410 e. The van der Waals surface area contributed by atoms with E-state index >= 15 is 0 Å². The molecule has 1 fully saturated rings. The van der Waals surface area contributed by atoms with Crippen LogP contribution in [-0.2, 0) is 11.3 Å². The minimum Gasteiger partial charge on any atom is -0.445 e. The molecular weight excluding hydrogens is 258 g/mol. The third-order valence-electron chi connectivity index (χ3n) is 3.30. The molecule has 3 N–H and O–H groups in total. The van der Waals surface area contributed by atoms with Crippen LogP contribution >= 0.6 is 0 Å². The number of amides is 3. The topological polar surface area (TPSA) is 84.7 Å². The maximum absolute atomic E-state index is 11.9. The number of piperidine rings is 1. The number of nitrogens with zero attached hydrogens (tertiary/aromatic N) is 1. The molecule has 0 atom stereocenters. The standard InChI is InChI=1S/C14H19N3O3/c15-13(18)16-12-6-8-17(9-7-12)14(19)20-10-11-4-2-1-3-5-11/h1-5,12H,6-10H2,(H3,15,16,18). The third kappa shape index (κ3) is 4.15. The minimum absolute atomic E-state index is 0.0469. The van der Waals surface area contributed by atoms with Gasteiger partial charge in [-0.1, -0.05) is 30.3 Å². The zero-order valence-electron chi connectivity index (χ0n) is 11.2. The summed E-state index contributed by atoms with van der Waals surface area (Å²) < 4.78 is 5.26. The number of rotatable bonds is 3. The minimum atomic E-state index is -0.518. The quantitative estimate of drug-likeness (QED) is 0.877. The highest BCUT2D eigenvalue weighted by Crippen LogP contribution is 2.12. The van der Waals surface area contributed by atoms with Gasteiger partial charge in [-0.3, -0.25) is 0 Å². The number of nitrogens with two attached hydrogens (primary N) is 1. The molecule has 108 valence electrons. The van der Waals surface area contributed by atoms with Crippen LogP contribution in [0.5, 0.6) is 0 Å². The normalized spacial score (nSPS) is 15.7. The molecule has 6 nitrogen and oxygen atoms in total. The molecule has 1 heterocycles. The van der Waals surface area contributed by atoms with Crippen LogP contribution < -0.4 is 11.1 Å². The molecule has 20 heavy (non-hydrogen) atoms. The number of carbonyl (C=O) groups excluding carboxylic acids is 2. The number of carbonyl (C=O) groups is 2. The lowest BCUT2D eigenvalue weighted by Gasteiger charge is -2.31. The van der Waals surface area contributed by atoms with E-state index in [0.717, 1.165) is 5.56 Å². The fourth-order valence-corrected chi connectivity index (χ4v) is 2.22. The fraction of sp³-hybridized carbons (Fsp3) is 0.429. The van der Waals surface area contributed by atoms with Crippen molar-refractivity contribution in [3.8, 4) is 0 Å². The average Bonchev–Trinajstić information content (AvgIpc) is 2.46. The van der Waals surface area contributed by atoms with Crippen molar-refractivity contribution >= 4 is 12.1 Å². The van der Waals surface area contributed by atoms with E-state index in [1.54, 1.807) is 4.90 Å². The van der Waals surface area contributed by atoms with E-state index in [4.69, 9.17) is 10.5 Å². The van der Waals surface area contributed by atoms with Gasteiger partial charge in [0, 0.05) is 19.1 Å². The van der Waals surface area contributed by atoms with Crippen LogP contribution in [0.25, 0.3) is 0 Å². The summed E-state index contributed by atoms with van der Waals surface area (Å²) in [4.78, 5) is 24.3. The summed E-state index contributed by atoms with van der Waals surface area (Å²) in [5, 5.41) is 2.66.